The molecule has 5 N–H and O–H groups in total. The fourth-order valence-corrected chi connectivity index (χ4v) is 8.55. The van der Waals surface area contributed by atoms with Crippen molar-refractivity contribution in [1.82, 2.24) is 45.4 Å². The number of fused-ring (bicyclic) bond motifs is 4. The number of carbonyl (C=O) groups is 4. The Morgan fingerprint density at radius 2 is 1.79 bits per heavy atom. The number of imide groups is 1. The number of anilines is 3. The molecule has 9 rings (SSSR count). The maximum absolute atomic E-state index is 13.6. The average Bonchev–Trinajstić information content (AvgIpc) is 3.65. The van der Waals surface area contributed by atoms with Crippen LogP contribution in [0.3, 0.4) is 0 Å². The molecule has 2 aromatic carbocycles. The van der Waals surface area contributed by atoms with E-state index in [0.29, 0.717) is 88.4 Å². The number of amides is 4. The first-order chi connectivity index (χ1) is 30.6. The molecule has 4 aromatic heterocycles. The Bertz CT molecular complexity index is 2730. The number of aryl methyl sites for hydroxylation is 4. The second kappa shape index (κ2) is 17.6. The molecule has 1 aliphatic carbocycles. The lowest BCUT2D eigenvalue weighted by Gasteiger charge is -2.29. The fourth-order valence-electron chi connectivity index (χ4n) is 8.55. The number of nitrogens with one attached hydrogen (secondary N) is 5. The van der Waals surface area contributed by atoms with Crippen molar-refractivity contribution in [3.63, 3.8) is 0 Å². The predicted octanol–water partition coefficient (Wildman–Crippen LogP) is 5.55. The molecule has 63 heavy (non-hydrogen) atoms. The third-order valence-electron chi connectivity index (χ3n) is 11.9. The van der Waals surface area contributed by atoms with Gasteiger partial charge in [0.25, 0.3) is 11.8 Å². The van der Waals surface area contributed by atoms with Crippen molar-refractivity contribution in [1.29, 1.82) is 0 Å². The molecule has 1 saturated carbocycles. The minimum atomic E-state index is -0.662. The van der Waals surface area contributed by atoms with Crippen LogP contribution in [0.1, 0.15) is 94.2 Å². The molecule has 1 atom stereocenters. The summed E-state index contributed by atoms with van der Waals surface area (Å²) in [5.74, 6) is 1.20. The summed E-state index contributed by atoms with van der Waals surface area (Å²) in [4.78, 5) is 65.3. The van der Waals surface area contributed by atoms with E-state index in [2.05, 4.69) is 63.5 Å². The molecule has 1 saturated heterocycles. The van der Waals surface area contributed by atoms with Crippen LogP contribution in [0.4, 0.5) is 17.3 Å². The van der Waals surface area contributed by atoms with Gasteiger partial charge in [0.2, 0.25) is 17.6 Å². The smallest absolute Gasteiger partial charge is 0.289 e. The molecule has 18 nitrogen and oxygen atoms in total. The zero-order chi connectivity index (χ0) is 43.8. The number of hydrogen-bond acceptors (Lipinski definition) is 13. The minimum absolute atomic E-state index is 0.0332. The van der Waals surface area contributed by atoms with E-state index in [1.807, 2.05) is 30.7 Å². The summed E-state index contributed by atoms with van der Waals surface area (Å²) in [5.41, 5.74) is 8.43. The van der Waals surface area contributed by atoms with Crippen LogP contribution in [0.2, 0.25) is 0 Å². The Kier molecular flexibility index (Phi) is 11.6. The summed E-state index contributed by atoms with van der Waals surface area (Å²) in [6.07, 6.45) is 3.37. The van der Waals surface area contributed by atoms with Crippen LogP contribution in [0.5, 0.6) is 0 Å². The molecule has 2 fully saturated rings. The van der Waals surface area contributed by atoms with Gasteiger partial charge in [0, 0.05) is 84.5 Å². The Balaban J connectivity index is 0.777. The first-order valence-electron chi connectivity index (χ1n) is 21.6. The number of rotatable bonds is 18. The van der Waals surface area contributed by atoms with E-state index in [4.69, 9.17) is 29.1 Å². The van der Waals surface area contributed by atoms with Crippen LogP contribution in [0.25, 0.3) is 33.1 Å². The first kappa shape index (κ1) is 41.7. The average molecular weight is 858 g/mol. The molecule has 0 spiro atoms. The molecule has 0 radical (unpaired) electrons. The number of ether oxygens (including phenoxy) is 2. The molecule has 18 heteroatoms. The van der Waals surface area contributed by atoms with Gasteiger partial charge in [-0.2, -0.15) is 5.10 Å². The lowest BCUT2D eigenvalue weighted by atomic mass is 9.97. The predicted molar refractivity (Wildman–Crippen MR) is 234 cm³/mol. The highest BCUT2D eigenvalue weighted by molar-refractivity contribution is 6.13. The number of benzene rings is 2. The van der Waals surface area contributed by atoms with Crippen molar-refractivity contribution in [3.05, 3.63) is 76.1 Å². The van der Waals surface area contributed by atoms with Crippen LogP contribution in [0, 0.1) is 20.8 Å². The van der Waals surface area contributed by atoms with Crippen molar-refractivity contribution in [2.75, 3.05) is 50.2 Å². The topological polar surface area (TPSA) is 224 Å². The number of nitrogens with zero attached hydrogens (tertiary/aromatic N) is 6. The summed E-state index contributed by atoms with van der Waals surface area (Å²) in [6, 6.07) is 11.1. The Morgan fingerprint density at radius 1 is 0.968 bits per heavy atom. The van der Waals surface area contributed by atoms with Crippen molar-refractivity contribution >= 4 is 62.9 Å². The van der Waals surface area contributed by atoms with Gasteiger partial charge in [-0.1, -0.05) is 11.2 Å². The third-order valence-corrected chi connectivity index (χ3v) is 11.9. The van der Waals surface area contributed by atoms with Crippen molar-refractivity contribution < 1.29 is 33.2 Å². The van der Waals surface area contributed by atoms with E-state index in [1.54, 1.807) is 6.07 Å². The molecule has 6 aromatic rings. The van der Waals surface area contributed by atoms with E-state index in [0.717, 1.165) is 80.0 Å². The van der Waals surface area contributed by atoms with E-state index >= 15 is 0 Å². The second-order valence-corrected chi connectivity index (χ2v) is 16.3. The number of carbonyl (C=O) groups excluding carboxylic acids is 4. The van der Waals surface area contributed by atoms with Crippen molar-refractivity contribution in [3.8, 4) is 11.1 Å². The molecule has 4 amide bonds. The highest BCUT2D eigenvalue weighted by Crippen LogP contribution is 2.41. The summed E-state index contributed by atoms with van der Waals surface area (Å²) < 4.78 is 19.0. The van der Waals surface area contributed by atoms with Gasteiger partial charge >= 0.3 is 0 Å². The fraction of sp³-hybridized carbons (Fsp3) is 0.422. The third kappa shape index (κ3) is 8.47. The number of hydrogen-bond donors (Lipinski definition) is 5. The van der Waals surface area contributed by atoms with Crippen LogP contribution in [-0.2, 0) is 32.2 Å². The van der Waals surface area contributed by atoms with Crippen LogP contribution in [0.15, 0.2) is 40.9 Å². The van der Waals surface area contributed by atoms with Gasteiger partial charge in [0.1, 0.15) is 29.1 Å². The van der Waals surface area contributed by atoms with Gasteiger partial charge in [-0.05, 0) is 88.8 Å². The molecule has 328 valence electrons. The van der Waals surface area contributed by atoms with E-state index < -0.39 is 17.9 Å². The largest absolute Gasteiger partial charge is 0.382 e. The van der Waals surface area contributed by atoms with Gasteiger partial charge < -0.3 is 39.8 Å². The van der Waals surface area contributed by atoms with Gasteiger partial charge in [0.15, 0.2) is 0 Å². The van der Waals surface area contributed by atoms with E-state index in [1.165, 1.54) is 4.90 Å². The molecule has 3 aliphatic rings. The van der Waals surface area contributed by atoms with Crippen LogP contribution in [-0.4, -0.2) is 104 Å². The molecular formula is C45H51N11O7. The quantitative estimate of drug-likeness (QED) is 0.0529. The van der Waals surface area contributed by atoms with Crippen LogP contribution >= 0.6 is 0 Å². The molecule has 6 heterocycles. The standard InChI is InChI=1S/C45H51N11O7/c1-5-56-36(22-33(53-56)27-10-11-27)49-41-39-30-20-24(2)29(38-25(3)54-63-26(38)4)21-34(30)48-40(39)51-42(52-41)44(59)47-14-7-16-61-18-19-62-17-15-46-32-9-6-8-28-31(32)23-55(45(28)60)35-12-13-37(57)50-43(35)58/h6,8-9,20-22,27,35,46H,5,7,10-19,23H2,1-4H3,(H,47,59)(H,50,57,58)(H2,48,49,51,52). The summed E-state index contributed by atoms with van der Waals surface area (Å²) in [7, 11) is 0. The maximum atomic E-state index is 13.6. The zero-order valence-corrected chi connectivity index (χ0v) is 35.9. The Morgan fingerprint density at radius 3 is 2.56 bits per heavy atom. The van der Waals surface area contributed by atoms with Gasteiger partial charge in [-0.3, -0.25) is 24.5 Å². The second-order valence-electron chi connectivity index (χ2n) is 16.3. The molecular weight excluding hydrogens is 807 g/mol. The SMILES string of the molecule is CCn1nc(C2CC2)cc1Nc1nc(C(=O)NCCCOCCOCCNc2cccc3c2CN(C2CCC(=O)NC2=O)C3=O)nc2[nH]c3cc(-c4c(C)noc4C)c(C)cc3c12. The number of aromatic amines is 1. The number of piperidine rings is 1. The highest BCUT2D eigenvalue weighted by atomic mass is 16.5. The number of H-pyrrole nitrogens is 1. The summed E-state index contributed by atoms with van der Waals surface area (Å²) in [6.45, 7) is 11.4. The van der Waals surface area contributed by atoms with Gasteiger partial charge in [0.05, 0.1) is 36.6 Å². The van der Waals surface area contributed by atoms with Gasteiger partial charge in [-0.25, -0.2) is 14.6 Å². The molecule has 1 unspecified atom stereocenters. The normalized spacial score (nSPS) is 16.3. The summed E-state index contributed by atoms with van der Waals surface area (Å²) in [5, 5.41) is 22.9. The van der Waals surface area contributed by atoms with Crippen LogP contribution < -0.4 is 21.3 Å². The van der Waals surface area contributed by atoms with Crippen molar-refractivity contribution in [2.24, 2.45) is 0 Å². The van der Waals surface area contributed by atoms with E-state index in [9.17, 15) is 19.2 Å². The first-order valence-corrected chi connectivity index (χ1v) is 21.6. The lowest BCUT2D eigenvalue weighted by molar-refractivity contribution is -0.136. The highest BCUT2D eigenvalue weighted by Gasteiger charge is 2.40. The van der Waals surface area contributed by atoms with Crippen molar-refractivity contribution in [2.45, 2.75) is 84.8 Å². The number of aromatic nitrogens is 6. The minimum Gasteiger partial charge on any atom is -0.382 e. The Hall–Kier alpha value is -6.66. The summed E-state index contributed by atoms with van der Waals surface area (Å²) >= 11 is 0. The van der Waals surface area contributed by atoms with E-state index in [-0.39, 0.29) is 24.1 Å². The molecule has 0 bridgehead atoms. The van der Waals surface area contributed by atoms with Gasteiger partial charge in [-0.15, -0.1) is 0 Å². The Labute approximate surface area is 362 Å². The maximum Gasteiger partial charge on any atom is 0.289 e. The molecule has 2 aliphatic heterocycles. The monoisotopic (exact) mass is 857 g/mol. The lowest BCUT2D eigenvalue weighted by Crippen LogP contribution is -2.52. The zero-order valence-electron chi connectivity index (χ0n) is 35.9.